The van der Waals surface area contributed by atoms with E-state index in [1.54, 1.807) is 24.3 Å². The Labute approximate surface area is 145 Å². The van der Waals surface area contributed by atoms with E-state index in [4.69, 9.17) is 9.47 Å². The third-order valence-electron chi connectivity index (χ3n) is 3.59. The molecule has 0 aromatic heterocycles. The van der Waals surface area contributed by atoms with Crippen LogP contribution in [-0.2, 0) is 9.59 Å². The molecule has 0 heterocycles. The van der Waals surface area contributed by atoms with Crippen LogP contribution in [0.2, 0.25) is 0 Å². The van der Waals surface area contributed by atoms with E-state index in [0.717, 1.165) is 32.1 Å². The molecule has 0 amide bonds. The molecule has 0 aliphatic rings. The van der Waals surface area contributed by atoms with Crippen LogP contribution in [0.4, 0.5) is 0 Å². The Bertz CT molecular complexity index is 529. The number of ether oxygens (including phenoxy) is 2. The number of rotatable bonds is 9. The number of carbonyl (C=O) groups excluding carboxylic acids is 2. The van der Waals surface area contributed by atoms with Crippen molar-refractivity contribution in [2.75, 3.05) is 0 Å². The number of carbonyl (C=O) groups is 2. The molecule has 0 spiro atoms. The second-order valence-electron chi connectivity index (χ2n) is 7.27. The van der Waals surface area contributed by atoms with Gasteiger partial charge in [-0.25, -0.2) is 0 Å². The van der Waals surface area contributed by atoms with E-state index < -0.39 is 0 Å². The molecule has 1 aromatic rings. The standard InChI is InChI=1S/C20H30O4/c1-5-6-7-13-18(21)23-16-11-8-9-12-17(16)24-19(22)14-10-15-20(2,3)4/h8-9,11-12H,5-7,10,13-15H2,1-4H3. The van der Waals surface area contributed by atoms with E-state index in [9.17, 15) is 9.59 Å². The number of hydrogen-bond acceptors (Lipinski definition) is 4. The minimum Gasteiger partial charge on any atom is -0.423 e. The number of benzene rings is 1. The maximum atomic E-state index is 12.0. The fraction of sp³-hybridized carbons (Fsp3) is 0.600. The highest BCUT2D eigenvalue weighted by Crippen LogP contribution is 2.28. The summed E-state index contributed by atoms with van der Waals surface area (Å²) in [7, 11) is 0. The van der Waals surface area contributed by atoms with Crippen LogP contribution in [0.3, 0.4) is 0 Å². The quantitative estimate of drug-likeness (QED) is 0.349. The summed E-state index contributed by atoms with van der Waals surface area (Å²) in [6, 6.07) is 6.81. The summed E-state index contributed by atoms with van der Waals surface area (Å²) in [6.45, 7) is 8.52. The molecule has 0 N–H and O–H groups in total. The molecule has 4 nitrogen and oxygen atoms in total. The van der Waals surface area contributed by atoms with Crippen LogP contribution < -0.4 is 9.47 Å². The first-order valence-electron chi connectivity index (χ1n) is 8.82. The highest BCUT2D eigenvalue weighted by Gasteiger charge is 2.15. The smallest absolute Gasteiger partial charge is 0.311 e. The lowest BCUT2D eigenvalue weighted by Gasteiger charge is -2.17. The zero-order valence-corrected chi connectivity index (χ0v) is 15.4. The molecule has 24 heavy (non-hydrogen) atoms. The van der Waals surface area contributed by atoms with Gasteiger partial charge in [0, 0.05) is 12.8 Å². The van der Waals surface area contributed by atoms with Gasteiger partial charge in [0.25, 0.3) is 0 Å². The van der Waals surface area contributed by atoms with E-state index in [1.807, 2.05) is 0 Å². The molecule has 0 saturated carbocycles. The van der Waals surface area contributed by atoms with Gasteiger partial charge in [0.15, 0.2) is 11.5 Å². The largest absolute Gasteiger partial charge is 0.423 e. The Hall–Kier alpha value is -1.84. The van der Waals surface area contributed by atoms with Crippen molar-refractivity contribution < 1.29 is 19.1 Å². The van der Waals surface area contributed by atoms with Crippen LogP contribution in [0, 0.1) is 5.41 Å². The Balaban J connectivity index is 2.53. The van der Waals surface area contributed by atoms with Gasteiger partial charge in [0.05, 0.1) is 0 Å². The molecule has 0 aliphatic carbocycles. The molecule has 1 rings (SSSR count). The van der Waals surface area contributed by atoms with Crippen LogP contribution in [0.5, 0.6) is 11.5 Å². The normalized spacial score (nSPS) is 11.2. The SMILES string of the molecule is CCCCCC(=O)Oc1ccccc1OC(=O)CCCC(C)(C)C. The molecule has 0 bridgehead atoms. The number of hydrogen-bond donors (Lipinski definition) is 0. The number of para-hydroxylation sites is 2. The molecule has 4 heteroatoms. The van der Waals surface area contributed by atoms with Gasteiger partial charge in [0.1, 0.15) is 0 Å². The number of esters is 2. The fourth-order valence-corrected chi connectivity index (χ4v) is 2.25. The summed E-state index contributed by atoms with van der Waals surface area (Å²) in [5, 5.41) is 0. The van der Waals surface area contributed by atoms with Crippen molar-refractivity contribution in [2.45, 2.75) is 72.6 Å². The van der Waals surface area contributed by atoms with Crippen LogP contribution in [0.25, 0.3) is 0 Å². The summed E-state index contributed by atoms with van der Waals surface area (Å²) in [5.74, 6) is 0.0266. The van der Waals surface area contributed by atoms with Gasteiger partial charge in [-0.1, -0.05) is 52.7 Å². The molecular weight excluding hydrogens is 304 g/mol. The van der Waals surface area contributed by atoms with E-state index in [2.05, 4.69) is 27.7 Å². The van der Waals surface area contributed by atoms with Crippen LogP contribution in [0.1, 0.15) is 72.6 Å². The summed E-state index contributed by atoms with van der Waals surface area (Å²) in [4.78, 5) is 23.8. The first-order valence-corrected chi connectivity index (χ1v) is 8.82. The fourth-order valence-electron chi connectivity index (χ4n) is 2.25. The monoisotopic (exact) mass is 334 g/mol. The minimum atomic E-state index is -0.297. The third-order valence-corrected chi connectivity index (χ3v) is 3.59. The van der Waals surface area contributed by atoms with Crippen LogP contribution in [-0.4, -0.2) is 11.9 Å². The highest BCUT2D eigenvalue weighted by atomic mass is 16.6. The van der Waals surface area contributed by atoms with Gasteiger partial charge >= 0.3 is 11.9 Å². The van der Waals surface area contributed by atoms with E-state index in [0.29, 0.717) is 24.3 Å². The second-order valence-corrected chi connectivity index (χ2v) is 7.27. The summed E-state index contributed by atoms with van der Waals surface area (Å²) >= 11 is 0. The number of unbranched alkanes of at least 4 members (excludes halogenated alkanes) is 2. The van der Waals surface area contributed by atoms with Gasteiger partial charge < -0.3 is 9.47 Å². The first kappa shape index (κ1) is 20.2. The lowest BCUT2D eigenvalue weighted by atomic mass is 9.90. The average Bonchev–Trinajstić information content (AvgIpc) is 2.48. The minimum absolute atomic E-state index is 0.201. The van der Waals surface area contributed by atoms with Crippen LogP contribution >= 0.6 is 0 Å². The predicted molar refractivity (Wildman–Crippen MR) is 95.2 cm³/mol. The van der Waals surface area contributed by atoms with E-state index >= 15 is 0 Å². The Morgan fingerprint density at radius 1 is 0.875 bits per heavy atom. The molecule has 0 atom stereocenters. The maximum Gasteiger partial charge on any atom is 0.311 e. The lowest BCUT2D eigenvalue weighted by Crippen LogP contribution is -2.13. The van der Waals surface area contributed by atoms with Crippen molar-refractivity contribution in [3.63, 3.8) is 0 Å². The predicted octanol–water partition coefficient (Wildman–Crippen LogP) is 5.29. The zero-order valence-electron chi connectivity index (χ0n) is 15.4. The molecule has 0 radical (unpaired) electrons. The van der Waals surface area contributed by atoms with Crippen molar-refractivity contribution in [3.8, 4) is 11.5 Å². The van der Waals surface area contributed by atoms with Gasteiger partial charge in [-0.05, 0) is 36.8 Å². The third kappa shape index (κ3) is 8.70. The van der Waals surface area contributed by atoms with Crippen molar-refractivity contribution in [1.29, 1.82) is 0 Å². The van der Waals surface area contributed by atoms with Crippen molar-refractivity contribution in [1.82, 2.24) is 0 Å². The molecular formula is C20H30O4. The van der Waals surface area contributed by atoms with Crippen molar-refractivity contribution >= 4 is 11.9 Å². The van der Waals surface area contributed by atoms with Gasteiger partial charge in [0.2, 0.25) is 0 Å². The van der Waals surface area contributed by atoms with Crippen molar-refractivity contribution in [3.05, 3.63) is 24.3 Å². The molecule has 0 aliphatic heterocycles. The van der Waals surface area contributed by atoms with Gasteiger partial charge in [-0.3, -0.25) is 9.59 Å². The Morgan fingerprint density at radius 2 is 1.38 bits per heavy atom. The molecule has 0 saturated heterocycles. The summed E-state index contributed by atoms with van der Waals surface area (Å²) < 4.78 is 10.7. The second kappa shape index (κ2) is 10.1. The highest BCUT2D eigenvalue weighted by molar-refractivity contribution is 5.76. The molecule has 1 aromatic carbocycles. The Morgan fingerprint density at radius 3 is 1.83 bits per heavy atom. The maximum absolute atomic E-state index is 12.0. The van der Waals surface area contributed by atoms with Gasteiger partial charge in [-0.2, -0.15) is 0 Å². The summed E-state index contributed by atoms with van der Waals surface area (Å²) in [6.07, 6.45) is 5.33. The Kier molecular flexibility index (Phi) is 8.51. The summed E-state index contributed by atoms with van der Waals surface area (Å²) in [5.41, 5.74) is 0.201. The van der Waals surface area contributed by atoms with Crippen molar-refractivity contribution in [2.24, 2.45) is 5.41 Å². The molecule has 134 valence electrons. The molecule has 0 fully saturated rings. The van der Waals surface area contributed by atoms with Crippen LogP contribution in [0.15, 0.2) is 24.3 Å². The average molecular weight is 334 g/mol. The van der Waals surface area contributed by atoms with E-state index in [-0.39, 0.29) is 17.4 Å². The molecule has 0 unspecified atom stereocenters. The van der Waals surface area contributed by atoms with E-state index in [1.165, 1.54) is 0 Å². The van der Waals surface area contributed by atoms with Gasteiger partial charge in [-0.15, -0.1) is 0 Å². The topological polar surface area (TPSA) is 52.6 Å². The first-order chi connectivity index (χ1) is 11.3. The lowest BCUT2D eigenvalue weighted by molar-refractivity contribution is -0.137. The zero-order chi connectivity index (χ0) is 18.0.